The van der Waals surface area contributed by atoms with Gasteiger partial charge in [0.1, 0.15) is 11.4 Å². The number of rotatable bonds is 4. The van der Waals surface area contributed by atoms with E-state index >= 15 is 0 Å². The van der Waals surface area contributed by atoms with Gasteiger partial charge in [-0.25, -0.2) is 4.39 Å². The van der Waals surface area contributed by atoms with E-state index in [1.165, 1.54) is 22.8 Å². The smallest absolute Gasteiger partial charge is 0.263 e. The molecule has 0 aliphatic carbocycles. The van der Waals surface area contributed by atoms with Crippen LogP contribution in [0.2, 0.25) is 0 Å². The molecule has 5 heteroatoms. The minimum atomic E-state index is -0.477. The topological polar surface area (TPSA) is 51.1 Å². The van der Waals surface area contributed by atoms with Gasteiger partial charge in [0.05, 0.1) is 6.54 Å². The molecular formula is C23H17FN2O2. The number of halogens is 1. The van der Waals surface area contributed by atoms with Gasteiger partial charge in [0.15, 0.2) is 0 Å². The van der Waals surface area contributed by atoms with Crippen LogP contribution in [0.4, 0.5) is 10.1 Å². The molecule has 1 heterocycles. The van der Waals surface area contributed by atoms with E-state index in [0.29, 0.717) is 11.3 Å². The lowest BCUT2D eigenvalue weighted by molar-refractivity contribution is 0.102. The van der Waals surface area contributed by atoms with Crippen molar-refractivity contribution < 1.29 is 9.18 Å². The van der Waals surface area contributed by atoms with Crippen LogP contribution in [0.25, 0.3) is 10.8 Å². The highest BCUT2D eigenvalue weighted by atomic mass is 19.1. The summed E-state index contributed by atoms with van der Waals surface area (Å²) in [5.41, 5.74) is 0.896. The Kier molecular flexibility index (Phi) is 4.72. The van der Waals surface area contributed by atoms with Crippen LogP contribution >= 0.6 is 0 Å². The molecule has 0 atom stereocenters. The zero-order valence-electron chi connectivity index (χ0n) is 14.9. The second kappa shape index (κ2) is 7.48. The van der Waals surface area contributed by atoms with Crippen LogP contribution in [0, 0.1) is 5.82 Å². The summed E-state index contributed by atoms with van der Waals surface area (Å²) < 4.78 is 14.8. The number of pyridine rings is 1. The molecule has 1 aromatic heterocycles. The average molecular weight is 372 g/mol. The molecule has 4 nitrogen and oxygen atoms in total. The number of fused-ring (bicyclic) bond motifs is 1. The van der Waals surface area contributed by atoms with Gasteiger partial charge in [-0.3, -0.25) is 9.59 Å². The van der Waals surface area contributed by atoms with Crippen molar-refractivity contribution in [2.75, 3.05) is 5.32 Å². The zero-order chi connectivity index (χ0) is 19.5. The van der Waals surface area contributed by atoms with E-state index < -0.39 is 11.5 Å². The Labute approximate surface area is 160 Å². The number of hydrogen-bond donors (Lipinski definition) is 1. The quantitative estimate of drug-likeness (QED) is 0.576. The molecule has 0 saturated heterocycles. The van der Waals surface area contributed by atoms with Crippen molar-refractivity contribution in [1.29, 1.82) is 0 Å². The van der Waals surface area contributed by atoms with Crippen LogP contribution in [-0.4, -0.2) is 10.5 Å². The first-order chi connectivity index (χ1) is 13.6. The van der Waals surface area contributed by atoms with E-state index in [1.54, 1.807) is 30.5 Å². The number of carbonyl (C=O) groups excluding carboxylic acids is 1. The van der Waals surface area contributed by atoms with Gasteiger partial charge in [0.2, 0.25) is 0 Å². The summed E-state index contributed by atoms with van der Waals surface area (Å²) in [5.74, 6) is -0.842. The Morgan fingerprint density at radius 1 is 0.929 bits per heavy atom. The van der Waals surface area contributed by atoms with Crippen molar-refractivity contribution >= 4 is 22.4 Å². The maximum Gasteiger partial charge on any atom is 0.263 e. The predicted molar refractivity (Wildman–Crippen MR) is 108 cm³/mol. The highest BCUT2D eigenvalue weighted by Crippen LogP contribution is 2.23. The Morgan fingerprint density at radius 2 is 1.71 bits per heavy atom. The molecule has 0 aliphatic rings. The van der Waals surface area contributed by atoms with Crippen LogP contribution in [0.3, 0.4) is 0 Å². The minimum absolute atomic E-state index is 0.0341. The molecular weight excluding hydrogens is 355 g/mol. The van der Waals surface area contributed by atoms with Gasteiger partial charge in [-0.05, 0) is 41.3 Å². The van der Waals surface area contributed by atoms with Crippen molar-refractivity contribution in [2.45, 2.75) is 6.54 Å². The van der Waals surface area contributed by atoms with Crippen LogP contribution in [-0.2, 0) is 6.54 Å². The van der Waals surface area contributed by atoms with Gasteiger partial charge in [0.25, 0.3) is 11.5 Å². The predicted octanol–water partition coefficient (Wildman–Crippen LogP) is 4.44. The molecule has 0 aliphatic heterocycles. The molecule has 28 heavy (non-hydrogen) atoms. The van der Waals surface area contributed by atoms with Gasteiger partial charge in [0, 0.05) is 17.3 Å². The van der Waals surface area contributed by atoms with Crippen LogP contribution in [0.1, 0.15) is 15.9 Å². The zero-order valence-corrected chi connectivity index (χ0v) is 14.9. The van der Waals surface area contributed by atoms with Gasteiger partial charge < -0.3 is 9.88 Å². The molecule has 0 spiro atoms. The summed E-state index contributed by atoms with van der Waals surface area (Å²) in [4.78, 5) is 25.5. The van der Waals surface area contributed by atoms with Crippen molar-refractivity contribution in [3.63, 3.8) is 0 Å². The van der Waals surface area contributed by atoms with Crippen molar-refractivity contribution in [3.8, 4) is 0 Å². The largest absolute Gasteiger partial charge is 0.321 e. The van der Waals surface area contributed by atoms with E-state index in [9.17, 15) is 14.0 Å². The fraction of sp³-hybridized carbons (Fsp3) is 0.0435. The SMILES string of the molecule is O=C(Nc1cccc2ccccc12)c1cccn(Cc2cccc(F)c2)c1=O. The summed E-state index contributed by atoms with van der Waals surface area (Å²) >= 11 is 0. The van der Waals surface area contributed by atoms with Crippen LogP contribution in [0.15, 0.2) is 89.9 Å². The summed E-state index contributed by atoms with van der Waals surface area (Å²) in [6, 6.07) is 22.5. The number of benzene rings is 3. The lowest BCUT2D eigenvalue weighted by atomic mass is 10.1. The van der Waals surface area contributed by atoms with Gasteiger partial charge >= 0.3 is 0 Å². The first kappa shape index (κ1) is 17.7. The molecule has 4 rings (SSSR count). The van der Waals surface area contributed by atoms with Crippen molar-refractivity contribution in [3.05, 3.63) is 112 Å². The van der Waals surface area contributed by atoms with E-state index in [0.717, 1.165) is 10.8 Å². The first-order valence-corrected chi connectivity index (χ1v) is 8.85. The monoisotopic (exact) mass is 372 g/mol. The molecule has 0 fully saturated rings. The molecule has 0 unspecified atom stereocenters. The maximum atomic E-state index is 13.4. The van der Waals surface area contributed by atoms with E-state index in [2.05, 4.69) is 5.32 Å². The molecule has 0 radical (unpaired) electrons. The van der Waals surface area contributed by atoms with E-state index in [4.69, 9.17) is 0 Å². The third kappa shape index (κ3) is 3.55. The van der Waals surface area contributed by atoms with Crippen molar-refractivity contribution in [1.82, 2.24) is 4.57 Å². The number of nitrogens with zero attached hydrogens (tertiary/aromatic N) is 1. The summed E-state index contributed by atoms with van der Waals surface area (Å²) in [7, 11) is 0. The molecule has 1 amide bonds. The average Bonchev–Trinajstić information content (AvgIpc) is 2.70. The normalized spacial score (nSPS) is 10.8. The fourth-order valence-corrected chi connectivity index (χ4v) is 3.19. The third-order valence-corrected chi connectivity index (χ3v) is 4.54. The first-order valence-electron chi connectivity index (χ1n) is 8.85. The highest BCUT2D eigenvalue weighted by Gasteiger charge is 2.14. The number of amides is 1. The second-order valence-corrected chi connectivity index (χ2v) is 6.47. The standard InChI is InChI=1S/C23H17FN2O2/c24-18-9-3-6-16(14-18)15-26-13-5-11-20(23(26)28)22(27)25-21-12-4-8-17-7-1-2-10-19(17)21/h1-14H,15H2,(H,25,27). The summed E-state index contributed by atoms with van der Waals surface area (Å²) in [6.45, 7) is 0.186. The van der Waals surface area contributed by atoms with Gasteiger partial charge in [-0.1, -0.05) is 48.5 Å². The molecule has 138 valence electrons. The number of nitrogens with one attached hydrogen (secondary N) is 1. The Balaban J connectivity index is 1.64. The van der Waals surface area contributed by atoms with Crippen LogP contribution in [0.5, 0.6) is 0 Å². The summed E-state index contributed by atoms with van der Waals surface area (Å²) in [6.07, 6.45) is 1.59. The second-order valence-electron chi connectivity index (χ2n) is 6.47. The number of hydrogen-bond acceptors (Lipinski definition) is 2. The van der Waals surface area contributed by atoms with Crippen molar-refractivity contribution in [2.24, 2.45) is 0 Å². The third-order valence-electron chi connectivity index (χ3n) is 4.54. The molecule has 3 aromatic carbocycles. The highest BCUT2D eigenvalue weighted by molar-refractivity contribution is 6.08. The molecule has 1 N–H and O–H groups in total. The van der Waals surface area contributed by atoms with E-state index in [-0.39, 0.29) is 17.9 Å². The van der Waals surface area contributed by atoms with Gasteiger partial charge in [-0.2, -0.15) is 0 Å². The van der Waals surface area contributed by atoms with Gasteiger partial charge in [-0.15, -0.1) is 0 Å². The Morgan fingerprint density at radius 3 is 2.57 bits per heavy atom. The number of aromatic nitrogens is 1. The summed E-state index contributed by atoms with van der Waals surface area (Å²) in [5, 5.41) is 4.72. The van der Waals surface area contributed by atoms with Crippen LogP contribution < -0.4 is 10.9 Å². The molecule has 4 aromatic rings. The molecule has 0 saturated carbocycles. The Hall–Kier alpha value is -3.73. The number of anilines is 1. The van der Waals surface area contributed by atoms with E-state index in [1.807, 2.05) is 36.4 Å². The Bertz CT molecular complexity index is 1230. The minimum Gasteiger partial charge on any atom is -0.321 e. The molecule has 0 bridgehead atoms. The number of carbonyl (C=O) groups is 1. The fourth-order valence-electron chi connectivity index (χ4n) is 3.19. The lowest BCUT2D eigenvalue weighted by Crippen LogP contribution is -2.29. The maximum absolute atomic E-state index is 13.4. The lowest BCUT2D eigenvalue weighted by Gasteiger charge is -2.11.